The number of Topliss-reactive ketones (excluding diaryl/α,β-unsaturated/α-hetero) is 1. The van der Waals surface area contributed by atoms with Crippen LogP contribution in [-0.4, -0.2) is 44.3 Å². The molecule has 0 heterocycles. The smallest absolute Gasteiger partial charge is 0.343 e. The number of hydrogen-bond acceptors (Lipinski definition) is 7. The molecule has 0 unspecified atom stereocenters. The second-order valence-electron chi connectivity index (χ2n) is 6.06. The number of esters is 1. The van der Waals surface area contributed by atoms with E-state index in [1.807, 2.05) is 0 Å². The van der Waals surface area contributed by atoms with Crippen LogP contribution in [0.1, 0.15) is 44.9 Å². The normalized spacial score (nSPS) is 11.2. The van der Waals surface area contributed by atoms with Crippen molar-refractivity contribution in [2.24, 2.45) is 0 Å². The molecule has 1 atom stereocenters. The first-order chi connectivity index (χ1) is 13.8. The van der Waals surface area contributed by atoms with Crippen molar-refractivity contribution in [2.45, 2.75) is 20.0 Å². The summed E-state index contributed by atoms with van der Waals surface area (Å²) in [5, 5.41) is 2.58. The van der Waals surface area contributed by atoms with Crippen molar-refractivity contribution in [1.29, 1.82) is 0 Å². The molecule has 8 nitrogen and oxygen atoms in total. The highest BCUT2D eigenvalue weighted by Gasteiger charge is 2.26. The van der Waals surface area contributed by atoms with Gasteiger partial charge in [-0.25, -0.2) is 4.79 Å². The number of anilines is 1. The number of ether oxygens (including phenoxy) is 3. The lowest BCUT2D eigenvalue weighted by Gasteiger charge is -2.17. The molecule has 0 aliphatic rings. The van der Waals surface area contributed by atoms with Gasteiger partial charge in [0.1, 0.15) is 5.56 Å². The molecule has 2 aromatic rings. The summed E-state index contributed by atoms with van der Waals surface area (Å²) < 4.78 is 15.5. The average molecular weight is 399 g/mol. The highest BCUT2D eigenvalue weighted by atomic mass is 16.6. The number of hydrogen-bond donors (Lipinski definition) is 1. The first-order valence-corrected chi connectivity index (χ1v) is 8.65. The minimum absolute atomic E-state index is 0.0314. The summed E-state index contributed by atoms with van der Waals surface area (Å²) in [5.74, 6) is -1.39. The first-order valence-electron chi connectivity index (χ1n) is 8.65. The van der Waals surface area contributed by atoms with Gasteiger partial charge in [0.15, 0.2) is 29.7 Å². The Bertz CT molecular complexity index is 952. The van der Waals surface area contributed by atoms with E-state index < -0.39 is 18.0 Å². The zero-order valence-corrected chi connectivity index (χ0v) is 16.5. The molecule has 8 heteroatoms. The average Bonchev–Trinajstić information content (AvgIpc) is 2.72. The van der Waals surface area contributed by atoms with Crippen LogP contribution in [0.15, 0.2) is 36.4 Å². The third kappa shape index (κ3) is 4.98. The van der Waals surface area contributed by atoms with E-state index in [1.54, 1.807) is 18.2 Å². The van der Waals surface area contributed by atoms with Gasteiger partial charge in [-0.2, -0.15) is 0 Å². The van der Waals surface area contributed by atoms with Gasteiger partial charge in [0.25, 0.3) is 5.91 Å². The van der Waals surface area contributed by atoms with E-state index in [4.69, 9.17) is 14.2 Å². The fourth-order valence-corrected chi connectivity index (χ4v) is 2.58. The summed E-state index contributed by atoms with van der Waals surface area (Å²) in [6.07, 6.45) is -0.699. The fraction of sp³-hybridized carbons (Fsp3) is 0.238. The Morgan fingerprint density at radius 1 is 1.07 bits per heavy atom. The maximum Gasteiger partial charge on any atom is 0.343 e. The third-order valence-corrected chi connectivity index (χ3v) is 4.10. The van der Waals surface area contributed by atoms with Gasteiger partial charge < -0.3 is 19.5 Å². The molecular formula is C21H21NO7. The maximum absolute atomic E-state index is 12.6. The number of amides is 1. The number of rotatable bonds is 8. The standard InChI is InChI=1S/C21H21NO7/c1-12(24)14-6-5-7-16(10-14)22-20(25)13(2)29-21(26)18-15(11-23)8-9-17(27-3)19(18)28-4/h5-11,13H,1-4H3,(H,22,25)/t13-/m0/s1. The van der Waals surface area contributed by atoms with E-state index >= 15 is 0 Å². The van der Waals surface area contributed by atoms with Gasteiger partial charge in [0.05, 0.1) is 14.2 Å². The summed E-state index contributed by atoms with van der Waals surface area (Å²) >= 11 is 0. The van der Waals surface area contributed by atoms with Crippen molar-refractivity contribution in [3.8, 4) is 11.5 Å². The first kappa shape index (κ1) is 21.6. The lowest BCUT2D eigenvalue weighted by atomic mass is 10.1. The summed E-state index contributed by atoms with van der Waals surface area (Å²) in [7, 11) is 2.71. The lowest BCUT2D eigenvalue weighted by molar-refractivity contribution is -0.123. The quantitative estimate of drug-likeness (QED) is 0.413. The van der Waals surface area contributed by atoms with Crippen molar-refractivity contribution in [1.82, 2.24) is 0 Å². The van der Waals surface area contributed by atoms with Crippen molar-refractivity contribution >= 4 is 29.6 Å². The molecule has 0 aliphatic heterocycles. The Labute approximate surface area is 167 Å². The zero-order valence-electron chi connectivity index (χ0n) is 16.5. The van der Waals surface area contributed by atoms with E-state index in [0.717, 1.165) is 0 Å². The molecule has 1 amide bonds. The molecule has 0 spiro atoms. The van der Waals surface area contributed by atoms with Crippen molar-refractivity contribution in [3.63, 3.8) is 0 Å². The Balaban J connectivity index is 2.20. The Kier molecular flexibility index (Phi) is 7.08. The summed E-state index contributed by atoms with van der Waals surface area (Å²) in [6.45, 7) is 2.80. The second kappa shape index (κ2) is 9.50. The SMILES string of the molecule is COc1ccc(C=O)c(C(=O)O[C@@H](C)C(=O)Nc2cccc(C(C)=O)c2)c1OC. The van der Waals surface area contributed by atoms with Crippen molar-refractivity contribution < 1.29 is 33.4 Å². The van der Waals surface area contributed by atoms with Crippen LogP contribution in [0, 0.1) is 0 Å². The largest absolute Gasteiger partial charge is 0.493 e. The lowest BCUT2D eigenvalue weighted by Crippen LogP contribution is -2.30. The molecule has 0 aromatic heterocycles. The molecule has 0 aliphatic carbocycles. The van der Waals surface area contributed by atoms with Crippen LogP contribution >= 0.6 is 0 Å². The number of nitrogens with one attached hydrogen (secondary N) is 1. The number of methoxy groups -OCH3 is 2. The van der Waals surface area contributed by atoms with Gasteiger partial charge in [-0.15, -0.1) is 0 Å². The Hall–Kier alpha value is -3.68. The van der Waals surface area contributed by atoms with Crippen LogP contribution in [0.2, 0.25) is 0 Å². The van der Waals surface area contributed by atoms with E-state index in [-0.39, 0.29) is 28.4 Å². The van der Waals surface area contributed by atoms with Crippen molar-refractivity contribution in [2.75, 3.05) is 19.5 Å². The van der Waals surface area contributed by atoms with Crippen LogP contribution in [0.4, 0.5) is 5.69 Å². The molecule has 29 heavy (non-hydrogen) atoms. The number of carbonyl (C=O) groups excluding carboxylic acids is 4. The third-order valence-electron chi connectivity index (χ3n) is 4.10. The van der Waals surface area contributed by atoms with Crippen LogP contribution in [0.25, 0.3) is 0 Å². The van der Waals surface area contributed by atoms with Crippen LogP contribution in [0.3, 0.4) is 0 Å². The van der Waals surface area contributed by atoms with Crippen LogP contribution in [-0.2, 0) is 9.53 Å². The number of ketones is 1. The van der Waals surface area contributed by atoms with E-state index in [0.29, 0.717) is 17.5 Å². The van der Waals surface area contributed by atoms with Gasteiger partial charge in [-0.3, -0.25) is 14.4 Å². The molecule has 0 bridgehead atoms. The van der Waals surface area contributed by atoms with Gasteiger partial charge in [0.2, 0.25) is 0 Å². The summed E-state index contributed by atoms with van der Waals surface area (Å²) in [6, 6.07) is 9.25. The zero-order chi connectivity index (χ0) is 21.6. The number of benzene rings is 2. The highest BCUT2D eigenvalue weighted by molar-refractivity contribution is 6.04. The second-order valence-corrected chi connectivity index (χ2v) is 6.06. The molecule has 1 N–H and O–H groups in total. The Morgan fingerprint density at radius 2 is 1.79 bits per heavy atom. The Morgan fingerprint density at radius 3 is 2.38 bits per heavy atom. The number of carbonyl (C=O) groups is 4. The van der Waals surface area contributed by atoms with E-state index in [9.17, 15) is 19.2 Å². The monoisotopic (exact) mass is 399 g/mol. The molecule has 2 rings (SSSR count). The number of aldehydes is 1. The van der Waals surface area contributed by atoms with Crippen LogP contribution < -0.4 is 14.8 Å². The van der Waals surface area contributed by atoms with Gasteiger partial charge in [-0.05, 0) is 38.1 Å². The van der Waals surface area contributed by atoms with Gasteiger partial charge in [0, 0.05) is 16.8 Å². The van der Waals surface area contributed by atoms with E-state index in [2.05, 4.69) is 5.32 Å². The minimum atomic E-state index is -1.18. The highest BCUT2D eigenvalue weighted by Crippen LogP contribution is 2.33. The molecule has 0 fully saturated rings. The fourth-order valence-electron chi connectivity index (χ4n) is 2.58. The predicted octanol–water partition coefficient (Wildman–Crippen LogP) is 2.90. The van der Waals surface area contributed by atoms with Gasteiger partial charge >= 0.3 is 5.97 Å². The topological polar surface area (TPSA) is 108 Å². The summed E-state index contributed by atoms with van der Waals surface area (Å²) in [4.78, 5) is 47.8. The van der Waals surface area contributed by atoms with Crippen molar-refractivity contribution in [3.05, 3.63) is 53.1 Å². The molecule has 0 saturated heterocycles. The molecule has 0 saturated carbocycles. The molecule has 152 valence electrons. The minimum Gasteiger partial charge on any atom is -0.493 e. The maximum atomic E-state index is 12.6. The predicted molar refractivity (Wildman–Crippen MR) is 105 cm³/mol. The summed E-state index contributed by atoms with van der Waals surface area (Å²) in [5.41, 5.74) is 0.719. The van der Waals surface area contributed by atoms with Gasteiger partial charge in [-0.1, -0.05) is 12.1 Å². The molecule has 2 aromatic carbocycles. The molecule has 0 radical (unpaired) electrons. The van der Waals surface area contributed by atoms with Crippen LogP contribution in [0.5, 0.6) is 11.5 Å². The molecular weight excluding hydrogens is 378 g/mol. The van der Waals surface area contributed by atoms with E-state index in [1.165, 1.54) is 46.3 Å².